The van der Waals surface area contributed by atoms with Gasteiger partial charge in [-0.3, -0.25) is 10.1 Å². The second-order valence-corrected chi connectivity index (χ2v) is 5.82. The number of esters is 2. The average molecular weight is 437 g/mol. The summed E-state index contributed by atoms with van der Waals surface area (Å²) in [6.07, 6.45) is 2.50. The molecule has 11 heteroatoms. The molecular formula is C20H17F2NO8. The van der Waals surface area contributed by atoms with Gasteiger partial charge in [-0.05, 0) is 29.8 Å². The largest absolute Gasteiger partial charge is 0.493 e. The second kappa shape index (κ2) is 10.7. The van der Waals surface area contributed by atoms with Crippen molar-refractivity contribution in [3.63, 3.8) is 0 Å². The average Bonchev–Trinajstić information content (AvgIpc) is 2.75. The number of nitrogens with zero attached hydrogens (tertiary/aromatic N) is 1. The zero-order chi connectivity index (χ0) is 23.0. The van der Waals surface area contributed by atoms with Crippen LogP contribution in [0, 0.1) is 10.1 Å². The molecule has 2 aromatic carbocycles. The van der Waals surface area contributed by atoms with Crippen molar-refractivity contribution in [1.82, 2.24) is 0 Å². The lowest BCUT2D eigenvalue weighted by molar-refractivity contribution is -0.386. The fourth-order valence-corrected chi connectivity index (χ4v) is 2.43. The molecule has 164 valence electrons. The monoisotopic (exact) mass is 437 g/mol. The molecule has 0 saturated carbocycles. The summed E-state index contributed by atoms with van der Waals surface area (Å²) in [6, 6.07) is 8.02. The van der Waals surface area contributed by atoms with Crippen molar-refractivity contribution < 1.29 is 42.2 Å². The third kappa shape index (κ3) is 6.49. The van der Waals surface area contributed by atoms with E-state index in [1.807, 2.05) is 0 Å². The lowest BCUT2D eigenvalue weighted by Crippen LogP contribution is -2.07. The van der Waals surface area contributed by atoms with Gasteiger partial charge >= 0.3 is 18.6 Å². The van der Waals surface area contributed by atoms with Crippen LogP contribution in [-0.2, 0) is 20.9 Å². The first-order valence-corrected chi connectivity index (χ1v) is 8.58. The molecule has 31 heavy (non-hydrogen) atoms. The van der Waals surface area contributed by atoms with Crippen LogP contribution < -0.4 is 9.47 Å². The Morgan fingerprint density at radius 1 is 1.13 bits per heavy atom. The first kappa shape index (κ1) is 23.3. The number of carbonyl (C=O) groups excluding carboxylic acids is 2. The van der Waals surface area contributed by atoms with Crippen molar-refractivity contribution in [2.24, 2.45) is 0 Å². The Bertz CT molecular complexity index is 989. The summed E-state index contributed by atoms with van der Waals surface area (Å²) in [5.74, 6) is -2.01. The first-order chi connectivity index (χ1) is 14.7. The number of rotatable bonds is 9. The molecule has 0 aliphatic rings. The van der Waals surface area contributed by atoms with Gasteiger partial charge in [0.05, 0.1) is 36.3 Å². The summed E-state index contributed by atoms with van der Waals surface area (Å²) in [5.41, 5.74) is 0.271. The van der Waals surface area contributed by atoms with Crippen LogP contribution in [0.2, 0.25) is 0 Å². The van der Waals surface area contributed by atoms with Crippen molar-refractivity contribution in [2.75, 3.05) is 14.2 Å². The molecule has 0 spiro atoms. The highest BCUT2D eigenvalue weighted by atomic mass is 19.3. The van der Waals surface area contributed by atoms with Crippen LogP contribution in [-0.4, -0.2) is 37.7 Å². The number of benzene rings is 2. The molecule has 0 radical (unpaired) electrons. The normalized spacial score (nSPS) is 10.7. The van der Waals surface area contributed by atoms with E-state index in [1.54, 1.807) is 12.1 Å². The lowest BCUT2D eigenvalue weighted by atomic mass is 10.1. The summed E-state index contributed by atoms with van der Waals surface area (Å²) in [7, 11) is 2.43. The van der Waals surface area contributed by atoms with Crippen LogP contribution in [0.3, 0.4) is 0 Å². The third-order valence-corrected chi connectivity index (χ3v) is 3.89. The van der Waals surface area contributed by atoms with Crippen LogP contribution in [0.15, 0.2) is 42.5 Å². The molecule has 0 aliphatic heterocycles. The lowest BCUT2D eigenvalue weighted by Gasteiger charge is -2.12. The van der Waals surface area contributed by atoms with Crippen LogP contribution in [0.4, 0.5) is 14.5 Å². The first-order valence-electron chi connectivity index (χ1n) is 8.58. The highest BCUT2D eigenvalue weighted by Gasteiger charge is 2.22. The highest BCUT2D eigenvalue weighted by Crippen LogP contribution is 2.36. The van der Waals surface area contributed by atoms with E-state index in [4.69, 9.17) is 9.47 Å². The zero-order valence-corrected chi connectivity index (χ0v) is 16.4. The Morgan fingerprint density at radius 2 is 1.81 bits per heavy atom. The molecule has 2 rings (SSSR count). The van der Waals surface area contributed by atoms with Crippen molar-refractivity contribution in [3.8, 4) is 11.5 Å². The molecule has 0 heterocycles. The number of nitro groups is 1. The molecule has 0 atom stereocenters. The van der Waals surface area contributed by atoms with Gasteiger partial charge < -0.3 is 18.9 Å². The van der Waals surface area contributed by atoms with Crippen LogP contribution >= 0.6 is 0 Å². The Morgan fingerprint density at radius 3 is 2.35 bits per heavy atom. The summed E-state index contributed by atoms with van der Waals surface area (Å²) >= 11 is 0. The fraction of sp³-hybridized carbons (Fsp3) is 0.200. The SMILES string of the molecule is COC(=O)c1ccc(C=CC(=O)OCc2cc(OC)c(OC(F)F)cc2[N+](=O)[O-])cc1. The van der Waals surface area contributed by atoms with E-state index < -0.39 is 41.5 Å². The van der Waals surface area contributed by atoms with Gasteiger partial charge in [-0.15, -0.1) is 0 Å². The molecule has 0 aliphatic carbocycles. The van der Waals surface area contributed by atoms with Gasteiger partial charge in [-0.2, -0.15) is 8.78 Å². The van der Waals surface area contributed by atoms with E-state index in [2.05, 4.69) is 9.47 Å². The minimum Gasteiger partial charge on any atom is -0.493 e. The summed E-state index contributed by atoms with van der Waals surface area (Å²) < 4.78 is 43.7. The van der Waals surface area contributed by atoms with Crippen molar-refractivity contribution in [1.29, 1.82) is 0 Å². The Kier molecular flexibility index (Phi) is 8.01. The number of hydrogen-bond donors (Lipinski definition) is 0. The summed E-state index contributed by atoms with van der Waals surface area (Å²) in [4.78, 5) is 33.8. The van der Waals surface area contributed by atoms with Gasteiger partial charge in [-0.25, -0.2) is 9.59 Å². The predicted octanol–water partition coefficient (Wildman–Crippen LogP) is 3.75. The Labute approximate surface area is 174 Å². The second-order valence-electron chi connectivity index (χ2n) is 5.82. The van der Waals surface area contributed by atoms with E-state index >= 15 is 0 Å². The standard InChI is InChI=1S/C20H17F2NO8/c1-28-16-9-14(15(23(26)27)10-17(16)31-20(21)22)11-30-18(24)8-5-12-3-6-13(7-4-12)19(25)29-2/h3-10,20H,11H2,1-2H3. The number of alkyl halides is 2. The summed E-state index contributed by atoms with van der Waals surface area (Å²) in [6.45, 7) is -3.71. The number of ether oxygens (including phenoxy) is 4. The predicted molar refractivity (Wildman–Crippen MR) is 103 cm³/mol. The number of carbonyl (C=O) groups is 2. The summed E-state index contributed by atoms with van der Waals surface area (Å²) in [5, 5.41) is 11.2. The van der Waals surface area contributed by atoms with E-state index in [1.165, 1.54) is 32.4 Å². The van der Waals surface area contributed by atoms with E-state index in [9.17, 15) is 28.5 Å². The number of nitro benzene ring substituents is 1. The molecule has 2 aromatic rings. The molecular weight excluding hydrogens is 420 g/mol. The van der Waals surface area contributed by atoms with Crippen molar-refractivity contribution in [3.05, 3.63) is 69.3 Å². The van der Waals surface area contributed by atoms with Crippen LogP contribution in [0.5, 0.6) is 11.5 Å². The van der Waals surface area contributed by atoms with Gasteiger partial charge in [0.2, 0.25) is 0 Å². The molecule has 0 saturated heterocycles. The number of hydrogen-bond acceptors (Lipinski definition) is 8. The molecule has 0 aromatic heterocycles. The van der Waals surface area contributed by atoms with Crippen molar-refractivity contribution >= 4 is 23.7 Å². The van der Waals surface area contributed by atoms with Gasteiger partial charge in [0.25, 0.3) is 5.69 Å². The van der Waals surface area contributed by atoms with Crippen molar-refractivity contribution in [2.45, 2.75) is 13.2 Å². The fourth-order valence-electron chi connectivity index (χ4n) is 2.43. The molecule has 9 nitrogen and oxygen atoms in total. The quantitative estimate of drug-likeness (QED) is 0.252. The number of methoxy groups -OCH3 is 2. The Balaban J connectivity index is 2.10. The van der Waals surface area contributed by atoms with E-state index in [0.717, 1.165) is 18.2 Å². The van der Waals surface area contributed by atoms with Gasteiger partial charge in [0.15, 0.2) is 11.5 Å². The molecule has 0 bridgehead atoms. The van der Waals surface area contributed by atoms with E-state index in [-0.39, 0.29) is 11.3 Å². The maximum absolute atomic E-state index is 12.5. The van der Waals surface area contributed by atoms with Gasteiger partial charge in [0, 0.05) is 6.08 Å². The molecule has 0 amide bonds. The zero-order valence-electron chi connectivity index (χ0n) is 16.4. The van der Waals surface area contributed by atoms with Crippen LogP contribution in [0.25, 0.3) is 6.08 Å². The van der Waals surface area contributed by atoms with Gasteiger partial charge in [-0.1, -0.05) is 12.1 Å². The number of halogens is 2. The third-order valence-electron chi connectivity index (χ3n) is 3.89. The minimum atomic E-state index is -3.20. The molecule has 0 unspecified atom stereocenters. The smallest absolute Gasteiger partial charge is 0.387 e. The maximum atomic E-state index is 12.5. The maximum Gasteiger partial charge on any atom is 0.387 e. The van der Waals surface area contributed by atoms with E-state index in [0.29, 0.717) is 11.1 Å². The van der Waals surface area contributed by atoms with Crippen LogP contribution in [0.1, 0.15) is 21.5 Å². The topological polar surface area (TPSA) is 114 Å². The highest BCUT2D eigenvalue weighted by molar-refractivity contribution is 5.90. The molecule has 0 fully saturated rings. The molecule has 0 N–H and O–H groups in total. The minimum absolute atomic E-state index is 0.0763. The Hall–Kier alpha value is -4.02. The van der Waals surface area contributed by atoms with Gasteiger partial charge in [0.1, 0.15) is 6.61 Å².